The van der Waals surface area contributed by atoms with Gasteiger partial charge in [0.05, 0.1) is 0 Å². The van der Waals surface area contributed by atoms with Crippen molar-refractivity contribution in [1.29, 1.82) is 0 Å². The van der Waals surface area contributed by atoms with E-state index in [4.69, 9.17) is 5.11 Å². The number of hydrogen-bond donors (Lipinski definition) is 1. The Morgan fingerprint density at radius 3 is 2.31 bits per heavy atom. The number of piperidine rings is 1. The van der Waals surface area contributed by atoms with Crippen molar-refractivity contribution in [2.75, 3.05) is 13.1 Å². The zero-order chi connectivity index (χ0) is 12.1. The molecule has 0 radical (unpaired) electrons. The van der Waals surface area contributed by atoms with Crippen LogP contribution in [-0.2, 0) is 9.59 Å². The SMILES string of the molecule is CCCC(C(=O)O)N1CCC(C(C)=O)CC1. The number of carboxylic acids is 1. The van der Waals surface area contributed by atoms with Gasteiger partial charge < -0.3 is 5.11 Å². The van der Waals surface area contributed by atoms with Crippen LogP contribution in [0.25, 0.3) is 0 Å². The van der Waals surface area contributed by atoms with Crippen molar-refractivity contribution >= 4 is 11.8 Å². The van der Waals surface area contributed by atoms with E-state index < -0.39 is 5.97 Å². The molecule has 1 unspecified atom stereocenters. The lowest BCUT2D eigenvalue weighted by atomic mass is 9.92. The Morgan fingerprint density at radius 2 is 1.94 bits per heavy atom. The lowest BCUT2D eigenvalue weighted by Gasteiger charge is -2.34. The average molecular weight is 227 g/mol. The van der Waals surface area contributed by atoms with Crippen molar-refractivity contribution in [3.05, 3.63) is 0 Å². The van der Waals surface area contributed by atoms with Crippen LogP contribution >= 0.6 is 0 Å². The minimum Gasteiger partial charge on any atom is -0.480 e. The third-order valence-electron chi connectivity index (χ3n) is 3.39. The predicted octanol–water partition coefficient (Wildman–Crippen LogP) is 1.54. The number of carbonyl (C=O) groups excluding carboxylic acids is 1. The van der Waals surface area contributed by atoms with Crippen LogP contribution in [0.3, 0.4) is 0 Å². The van der Waals surface area contributed by atoms with E-state index in [-0.39, 0.29) is 17.7 Å². The van der Waals surface area contributed by atoms with Gasteiger partial charge in [0.15, 0.2) is 0 Å². The fourth-order valence-electron chi connectivity index (χ4n) is 2.35. The number of ketones is 1. The van der Waals surface area contributed by atoms with Gasteiger partial charge in [-0.25, -0.2) is 0 Å². The Balaban J connectivity index is 2.50. The van der Waals surface area contributed by atoms with Gasteiger partial charge in [0.25, 0.3) is 0 Å². The second-order valence-electron chi connectivity index (χ2n) is 4.56. The number of Topliss-reactive ketones (excluding diaryl/α,β-unsaturated/α-hetero) is 1. The maximum atomic E-state index is 11.2. The summed E-state index contributed by atoms with van der Waals surface area (Å²) in [4.78, 5) is 24.3. The number of likely N-dealkylation sites (tertiary alicyclic amines) is 1. The van der Waals surface area contributed by atoms with Gasteiger partial charge in [-0.15, -0.1) is 0 Å². The summed E-state index contributed by atoms with van der Waals surface area (Å²) in [7, 11) is 0. The van der Waals surface area contributed by atoms with E-state index in [1.807, 2.05) is 11.8 Å². The van der Waals surface area contributed by atoms with Gasteiger partial charge >= 0.3 is 5.97 Å². The van der Waals surface area contributed by atoms with Gasteiger partial charge in [0, 0.05) is 5.92 Å². The van der Waals surface area contributed by atoms with Crippen LogP contribution in [0.4, 0.5) is 0 Å². The molecule has 0 aromatic heterocycles. The molecule has 4 heteroatoms. The number of rotatable bonds is 5. The number of carboxylic acid groups (broad SMARTS) is 1. The molecule has 1 saturated heterocycles. The molecule has 1 fully saturated rings. The molecule has 1 aliphatic rings. The lowest BCUT2D eigenvalue weighted by molar-refractivity contribution is -0.144. The number of nitrogens with zero attached hydrogens (tertiary/aromatic N) is 1. The Hall–Kier alpha value is -0.900. The van der Waals surface area contributed by atoms with Crippen LogP contribution in [0.1, 0.15) is 39.5 Å². The Bertz CT molecular complexity index is 257. The van der Waals surface area contributed by atoms with E-state index in [9.17, 15) is 9.59 Å². The summed E-state index contributed by atoms with van der Waals surface area (Å²) in [5, 5.41) is 9.12. The normalized spacial score (nSPS) is 20.6. The Morgan fingerprint density at radius 1 is 1.38 bits per heavy atom. The second-order valence-corrected chi connectivity index (χ2v) is 4.56. The van der Waals surface area contributed by atoms with E-state index >= 15 is 0 Å². The zero-order valence-corrected chi connectivity index (χ0v) is 10.1. The van der Waals surface area contributed by atoms with E-state index in [1.54, 1.807) is 6.92 Å². The van der Waals surface area contributed by atoms with E-state index in [2.05, 4.69) is 0 Å². The fourth-order valence-corrected chi connectivity index (χ4v) is 2.35. The van der Waals surface area contributed by atoms with Gasteiger partial charge in [0.2, 0.25) is 0 Å². The summed E-state index contributed by atoms with van der Waals surface area (Å²) in [6.07, 6.45) is 3.19. The van der Waals surface area contributed by atoms with Crippen molar-refractivity contribution in [1.82, 2.24) is 4.90 Å². The smallest absolute Gasteiger partial charge is 0.320 e. The van der Waals surface area contributed by atoms with Crippen LogP contribution in [-0.4, -0.2) is 40.9 Å². The molecule has 0 aromatic rings. The summed E-state index contributed by atoms with van der Waals surface area (Å²) in [6, 6.07) is -0.363. The first-order valence-electron chi connectivity index (χ1n) is 6.03. The van der Waals surface area contributed by atoms with Crippen LogP contribution < -0.4 is 0 Å². The van der Waals surface area contributed by atoms with E-state index in [0.717, 1.165) is 32.4 Å². The number of aliphatic carboxylic acids is 1. The maximum Gasteiger partial charge on any atom is 0.320 e. The van der Waals surface area contributed by atoms with Crippen molar-refractivity contribution in [2.45, 2.75) is 45.6 Å². The fraction of sp³-hybridized carbons (Fsp3) is 0.833. The van der Waals surface area contributed by atoms with Crippen LogP contribution in [0.2, 0.25) is 0 Å². The molecule has 0 amide bonds. The molecule has 92 valence electrons. The standard InChI is InChI=1S/C12H21NO3/c1-3-4-11(12(15)16)13-7-5-10(6-8-13)9(2)14/h10-11H,3-8H2,1-2H3,(H,15,16). The van der Waals surface area contributed by atoms with Crippen LogP contribution in [0.15, 0.2) is 0 Å². The summed E-state index contributed by atoms with van der Waals surface area (Å²) in [5.41, 5.74) is 0. The van der Waals surface area contributed by atoms with Gasteiger partial charge in [-0.1, -0.05) is 13.3 Å². The quantitative estimate of drug-likeness (QED) is 0.774. The van der Waals surface area contributed by atoms with Gasteiger partial charge in [0.1, 0.15) is 11.8 Å². The van der Waals surface area contributed by atoms with E-state index in [0.29, 0.717) is 6.42 Å². The molecule has 1 atom stereocenters. The molecule has 0 saturated carbocycles. The van der Waals surface area contributed by atoms with E-state index in [1.165, 1.54) is 0 Å². The molecule has 4 nitrogen and oxygen atoms in total. The largest absolute Gasteiger partial charge is 0.480 e. The predicted molar refractivity (Wildman–Crippen MR) is 61.3 cm³/mol. The van der Waals surface area contributed by atoms with Crippen molar-refractivity contribution in [3.8, 4) is 0 Å². The lowest BCUT2D eigenvalue weighted by Crippen LogP contribution is -2.46. The molecule has 0 aliphatic carbocycles. The third-order valence-corrected chi connectivity index (χ3v) is 3.39. The topological polar surface area (TPSA) is 57.6 Å². The molecule has 0 aromatic carbocycles. The highest BCUT2D eigenvalue weighted by Gasteiger charge is 2.30. The highest BCUT2D eigenvalue weighted by Crippen LogP contribution is 2.21. The first-order chi connectivity index (χ1) is 7.56. The zero-order valence-electron chi connectivity index (χ0n) is 10.1. The minimum absolute atomic E-state index is 0.146. The Kier molecular flexibility index (Phi) is 4.93. The highest BCUT2D eigenvalue weighted by molar-refractivity contribution is 5.78. The Labute approximate surface area is 96.6 Å². The third kappa shape index (κ3) is 3.30. The van der Waals surface area contributed by atoms with Crippen LogP contribution in [0, 0.1) is 5.92 Å². The van der Waals surface area contributed by atoms with Crippen molar-refractivity contribution in [3.63, 3.8) is 0 Å². The molecule has 1 N–H and O–H groups in total. The number of carbonyl (C=O) groups is 2. The molecule has 1 aliphatic heterocycles. The second kappa shape index (κ2) is 5.99. The monoisotopic (exact) mass is 227 g/mol. The maximum absolute atomic E-state index is 11.2. The van der Waals surface area contributed by atoms with Crippen molar-refractivity contribution in [2.24, 2.45) is 5.92 Å². The van der Waals surface area contributed by atoms with Crippen LogP contribution in [0.5, 0.6) is 0 Å². The average Bonchev–Trinajstić information content (AvgIpc) is 2.25. The summed E-state index contributed by atoms with van der Waals surface area (Å²) >= 11 is 0. The van der Waals surface area contributed by atoms with Gasteiger partial charge in [-0.05, 0) is 39.3 Å². The van der Waals surface area contributed by atoms with Gasteiger partial charge in [-0.3, -0.25) is 14.5 Å². The molecular weight excluding hydrogens is 206 g/mol. The minimum atomic E-state index is -0.733. The number of hydrogen-bond acceptors (Lipinski definition) is 3. The summed E-state index contributed by atoms with van der Waals surface area (Å²) < 4.78 is 0. The highest BCUT2D eigenvalue weighted by atomic mass is 16.4. The summed E-state index contributed by atoms with van der Waals surface area (Å²) in [6.45, 7) is 5.10. The first kappa shape index (κ1) is 13.2. The molecule has 1 rings (SSSR count). The molecule has 16 heavy (non-hydrogen) atoms. The molecule has 1 heterocycles. The molecule has 0 bridgehead atoms. The molecule has 0 spiro atoms. The van der Waals surface area contributed by atoms with Gasteiger partial charge in [-0.2, -0.15) is 0 Å². The summed E-state index contributed by atoms with van der Waals surface area (Å²) in [5.74, 6) is -0.350. The molecular formula is C12H21NO3. The van der Waals surface area contributed by atoms with Crippen molar-refractivity contribution < 1.29 is 14.7 Å². The first-order valence-corrected chi connectivity index (χ1v) is 6.03.